The van der Waals surface area contributed by atoms with Gasteiger partial charge in [0.2, 0.25) is 0 Å². The fourth-order valence-corrected chi connectivity index (χ4v) is 1.95. The van der Waals surface area contributed by atoms with Crippen LogP contribution in [0.25, 0.3) is 0 Å². The molecule has 1 aromatic rings. The highest BCUT2D eigenvalue weighted by Gasteiger charge is 2.16. The standard InChI is InChI=1S/C12H15BrN2O2S/c1-3-17-12(16)7(2)15-10-6-8(13)4-5-9(10)11(14)18/h4-7,15H,3H2,1-2H3,(H2,14,18). The number of anilines is 1. The molecule has 1 rings (SSSR count). The van der Waals surface area contributed by atoms with E-state index in [9.17, 15) is 4.79 Å². The number of hydrogen-bond acceptors (Lipinski definition) is 4. The summed E-state index contributed by atoms with van der Waals surface area (Å²) in [5, 5.41) is 3.05. The van der Waals surface area contributed by atoms with Crippen molar-refractivity contribution in [2.45, 2.75) is 19.9 Å². The summed E-state index contributed by atoms with van der Waals surface area (Å²) < 4.78 is 5.81. The van der Waals surface area contributed by atoms with Crippen molar-refractivity contribution in [2.75, 3.05) is 11.9 Å². The van der Waals surface area contributed by atoms with Gasteiger partial charge in [-0.25, -0.2) is 4.79 Å². The van der Waals surface area contributed by atoms with Crippen molar-refractivity contribution in [2.24, 2.45) is 5.73 Å². The van der Waals surface area contributed by atoms with E-state index in [1.54, 1.807) is 19.9 Å². The molecule has 0 radical (unpaired) electrons. The minimum absolute atomic E-state index is 0.279. The van der Waals surface area contributed by atoms with Crippen LogP contribution in [0.4, 0.5) is 5.69 Å². The number of hydrogen-bond donors (Lipinski definition) is 2. The van der Waals surface area contributed by atoms with E-state index < -0.39 is 6.04 Å². The number of benzene rings is 1. The van der Waals surface area contributed by atoms with Gasteiger partial charge in [0.05, 0.1) is 6.61 Å². The molecule has 1 aromatic carbocycles. The predicted octanol–water partition coefficient (Wildman–Crippen LogP) is 2.45. The quantitative estimate of drug-likeness (QED) is 0.641. The van der Waals surface area contributed by atoms with Crippen molar-refractivity contribution in [1.82, 2.24) is 0 Å². The van der Waals surface area contributed by atoms with Gasteiger partial charge in [0.15, 0.2) is 0 Å². The topological polar surface area (TPSA) is 64.3 Å². The van der Waals surface area contributed by atoms with E-state index >= 15 is 0 Å². The maximum Gasteiger partial charge on any atom is 0.328 e. The van der Waals surface area contributed by atoms with Crippen LogP contribution in [0.3, 0.4) is 0 Å². The number of carbonyl (C=O) groups is 1. The molecule has 1 atom stereocenters. The second kappa shape index (κ2) is 6.70. The van der Waals surface area contributed by atoms with E-state index in [-0.39, 0.29) is 11.0 Å². The molecule has 0 aliphatic carbocycles. The first-order valence-corrected chi connectivity index (χ1v) is 6.68. The van der Waals surface area contributed by atoms with E-state index in [0.29, 0.717) is 17.9 Å². The number of nitrogens with one attached hydrogen (secondary N) is 1. The first kappa shape index (κ1) is 14.9. The minimum Gasteiger partial charge on any atom is -0.464 e. The predicted molar refractivity (Wildman–Crippen MR) is 79.7 cm³/mol. The lowest BCUT2D eigenvalue weighted by molar-refractivity contribution is -0.143. The summed E-state index contributed by atoms with van der Waals surface area (Å²) in [5.74, 6) is -0.314. The van der Waals surface area contributed by atoms with Crippen LogP contribution in [0.15, 0.2) is 22.7 Å². The molecule has 0 saturated heterocycles. The number of thiocarbonyl (C=S) groups is 1. The number of nitrogens with two attached hydrogens (primary N) is 1. The Morgan fingerprint density at radius 3 is 2.83 bits per heavy atom. The average molecular weight is 331 g/mol. The molecule has 0 heterocycles. The molecule has 4 nitrogen and oxygen atoms in total. The lowest BCUT2D eigenvalue weighted by atomic mass is 10.1. The molecule has 0 fully saturated rings. The minimum atomic E-state index is -0.465. The number of carbonyl (C=O) groups excluding carboxylic acids is 1. The van der Waals surface area contributed by atoms with Gasteiger partial charge in [-0.05, 0) is 32.0 Å². The van der Waals surface area contributed by atoms with Gasteiger partial charge in [-0.1, -0.05) is 28.1 Å². The van der Waals surface area contributed by atoms with Crippen LogP contribution in [0.2, 0.25) is 0 Å². The Balaban J connectivity index is 2.92. The SMILES string of the molecule is CCOC(=O)C(C)Nc1cc(Br)ccc1C(N)=S. The van der Waals surface area contributed by atoms with Gasteiger partial charge in [0.1, 0.15) is 11.0 Å². The number of ether oxygens (including phenoxy) is 1. The van der Waals surface area contributed by atoms with Crippen molar-refractivity contribution in [3.63, 3.8) is 0 Å². The second-order valence-electron chi connectivity index (χ2n) is 3.67. The smallest absolute Gasteiger partial charge is 0.328 e. The van der Waals surface area contributed by atoms with Gasteiger partial charge in [0, 0.05) is 15.7 Å². The number of rotatable bonds is 5. The van der Waals surface area contributed by atoms with Crippen LogP contribution >= 0.6 is 28.1 Å². The lowest BCUT2D eigenvalue weighted by Crippen LogP contribution is -2.29. The van der Waals surface area contributed by atoms with Crippen molar-refractivity contribution in [1.29, 1.82) is 0 Å². The molecule has 18 heavy (non-hydrogen) atoms. The highest BCUT2D eigenvalue weighted by Crippen LogP contribution is 2.22. The largest absolute Gasteiger partial charge is 0.464 e. The Hall–Kier alpha value is -1.14. The Morgan fingerprint density at radius 2 is 2.28 bits per heavy atom. The molecule has 0 amide bonds. The van der Waals surface area contributed by atoms with Gasteiger partial charge >= 0.3 is 5.97 Å². The lowest BCUT2D eigenvalue weighted by Gasteiger charge is -2.16. The molecular weight excluding hydrogens is 316 g/mol. The molecule has 1 unspecified atom stereocenters. The van der Waals surface area contributed by atoms with E-state index in [0.717, 1.165) is 4.47 Å². The Labute approximate surface area is 120 Å². The van der Waals surface area contributed by atoms with Crippen molar-refractivity contribution < 1.29 is 9.53 Å². The van der Waals surface area contributed by atoms with Gasteiger partial charge in [-0.15, -0.1) is 0 Å². The molecule has 6 heteroatoms. The highest BCUT2D eigenvalue weighted by atomic mass is 79.9. The zero-order valence-electron chi connectivity index (χ0n) is 10.2. The summed E-state index contributed by atoms with van der Waals surface area (Å²) in [6.45, 7) is 3.85. The van der Waals surface area contributed by atoms with Crippen LogP contribution in [-0.2, 0) is 9.53 Å². The second-order valence-corrected chi connectivity index (χ2v) is 5.03. The van der Waals surface area contributed by atoms with Gasteiger partial charge in [0.25, 0.3) is 0 Å². The van der Waals surface area contributed by atoms with E-state index in [2.05, 4.69) is 21.2 Å². The summed E-state index contributed by atoms with van der Waals surface area (Å²) in [6, 6.07) is 5.00. The van der Waals surface area contributed by atoms with E-state index in [4.69, 9.17) is 22.7 Å². The number of esters is 1. The summed E-state index contributed by atoms with van der Waals surface area (Å²) >= 11 is 8.33. The molecule has 0 saturated carbocycles. The molecule has 3 N–H and O–H groups in total. The fraction of sp³-hybridized carbons (Fsp3) is 0.333. The zero-order chi connectivity index (χ0) is 13.7. The Kier molecular flexibility index (Phi) is 5.55. The van der Waals surface area contributed by atoms with Crippen molar-refractivity contribution in [3.05, 3.63) is 28.2 Å². The van der Waals surface area contributed by atoms with Gasteiger partial charge in [-0.2, -0.15) is 0 Å². The number of halogens is 1. The third-order valence-electron chi connectivity index (χ3n) is 2.26. The fourth-order valence-electron chi connectivity index (χ4n) is 1.41. The average Bonchev–Trinajstić information content (AvgIpc) is 2.28. The summed E-state index contributed by atoms with van der Waals surface area (Å²) in [5.41, 5.74) is 7.04. The highest BCUT2D eigenvalue weighted by molar-refractivity contribution is 9.10. The van der Waals surface area contributed by atoms with Gasteiger partial charge in [-0.3, -0.25) is 0 Å². The van der Waals surface area contributed by atoms with Crippen LogP contribution in [-0.4, -0.2) is 23.6 Å². The van der Waals surface area contributed by atoms with Crippen LogP contribution < -0.4 is 11.1 Å². The monoisotopic (exact) mass is 330 g/mol. The van der Waals surface area contributed by atoms with Crippen LogP contribution in [0.5, 0.6) is 0 Å². The van der Waals surface area contributed by atoms with Crippen LogP contribution in [0, 0.1) is 0 Å². The normalized spacial score (nSPS) is 11.7. The maximum atomic E-state index is 11.6. The third kappa shape index (κ3) is 3.96. The van der Waals surface area contributed by atoms with E-state index in [1.165, 1.54) is 0 Å². The van der Waals surface area contributed by atoms with Gasteiger partial charge < -0.3 is 15.8 Å². The van der Waals surface area contributed by atoms with Crippen LogP contribution in [0.1, 0.15) is 19.4 Å². The first-order valence-electron chi connectivity index (χ1n) is 5.48. The molecule has 0 bridgehead atoms. The van der Waals surface area contributed by atoms with E-state index in [1.807, 2.05) is 12.1 Å². The summed E-state index contributed by atoms with van der Waals surface area (Å²) in [6.07, 6.45) is 0. The summed E-state index contributed by atoms with van der Waals surface area (Å²) in [7, 11) is 0. The third-order valence-corrected chi connectivity index (χ3v) is 2.97. The molecular formula is C12H15BrN2O2S. The molecule has 0 aromatic heterocycles. The Morgan fingerprint density at radius 1 is 1.61 bits per heavy atom. The first-order chi connectivity index (χ1) is 8.45. The summed E-state index contributed by atoms with van der Waals surface area (Å²) in [4.78, 5) is 11.8. The molecule has 0 spiro atoms. The molecule has 0 aliphatic heterocycles. The van der Waals surface area contributed by atoms with Crippen molar-refractivity contribution in [3.8, 4) is 0 Å². The van der Waals surface area contributed by atoms with Crippen molar-refractivity contribution >= 4 is 44.8 Å². The molecule has 98 valence electrons. The zero-order valence-corrected chi connectivity index (χ0v) is 12.6. The molecule has 0 aliphatic rings. The Bertz CT molecular complexity index is 465. The maximum absolute atomic E-state index is 11.6.